The SMILES string of the molecule is CCC(CNC(=O)COc1ccc(Cl)cc1)c1ccccc1. The van der Waals surface area contributed by atoms with Gasteiger partial charge in [0.15, 0.2) is 6.61 Å². The third kappa shape index (κ3) is 5.08. The number of hydrogen-bond donors (Lipinski definition) is 1. The van der Waals surface area contributed by atoms with Gasteiger partial charge in [0, 0.05) is 17.5 Å². The second-order valence-corrected chi connectivity index (χ2v) is 5.50. The summed E-state index contributed by atoms with van der Waals surface area (Å²) in [5.41, 5.74) is 1.24. The quantitative estimate of drug-likeness (QED) is 0.837. The van der Waals surface area contributed by atoms with E-state index >= 15 is 0 Å². The molecule has 22 heavy (non-hydrogen) atoms. The van der Waals surface area contributed by atoms with Gasteiger partial charge in [-0.2, -0.15) is 0 Å². The molecule has 0 aliphatic heterocycles. The van der Waals surface area contributed by atoms with Crippen LogP contribution in [0.1, 0.15) is 24.8 Å². The van der Waals surface area contributed by atoms with Gasteiger partial charge >= 0.3 is 0 Å². The predicted molar refractivity (Wildman–Crippen MR) is 89.4 cm³/mol. The van der Waals surface area contributed by atoms with Crippen LogP contribution in [0.2, 0.25) is 5.02 Å². The van der Waals surface area contributed by atoms with Crippen molar-refractivity contribution in [1.29, 1.82) is 0 Å². The summed E-state index contributed by atoms with van der Waals surface area (Å²) in [6, 6.07) is 17.2. The smallest absolute Gasteiger partial charge is 0.257 e. The summed E-state index contributed by atoms with van der Waals surface area (Å²) in [6.45, 7) is 2.74. The van der Waals surface area contributed by atoms with Gasteiger partial charge in [0.1, 0.15) is 5.75 Å². The van der Waals surface area contributed by atoms with Crippen LogP contribution in [0.5, 0.6) is 5.75 Å². The Morgan fingerprint density at radius 3 is 2.45 bits per heavy atom. The van der Waals surface area contributed by atoms with E-state index in [1.165, 1.54) is 5.56 Å². The Balaban J connectivity index is 1.78. The van der Waals surface area contributed by atoms with Crippen LogP contribution < -0.4 is 10.1 Å². The lowest BCUT2D eigenvalue weighted by molar-refractivity contribution is -0.123. The first kappa shape index (κ1) is 16.4. The molecule has 1 amide bonds. The lowest BCUT2D eigenvalue weighted by Crippen LogP contribution is -2.32. The monoisotopic (exact) mass is 317 g/mol. The molecular formula is C18H20ClNO2. The van der Waals surface area contributed by atoms with E-state index in [9.17, 15) is 4.79 Å². The van der Waals surface area contributed by atoms with Crippen LogP contribution >= 0.6 is 11.6 Å². The fraction of sp³-hybridized carbons (Fsp3) is 0.278. The molecule has 2 aromatic carbocycles. The zero-order chi connectivity index (χ0) is 15.8. The average Bonchev–Trinajstić information content (AvgIpc) is 2.56. The molecule has 0 saturated heterocycles. The molecule has 0 spiro atoms. The van der Waals surface area contributed by atoms with Gasteiger partial charge in [-0.3, -0.25) is 4.79 Å². The van der Waals surface area contributed by atoms with Crippen LogP contribution in [0.4, 0.5) is 0 Å². The highest BCUT2D eigenvalue weighted by atomic mass is 35.5. The standard InChI is InChI=1S/C18H20ClNO2/c1-2-14(15-6-4-3-5-7-15)12-20-18(21)13-22-17-10-8-16(19)9-11-17/h3-11,14H,2,12-13H2,1H3,(H,20,21). The van der Waals surface area contributed by atoms with Gasteiger partial charge in [-0.25, -0.2) is 0 Å². The number of carbonyl (C=O) groups excluding carboxylic acids is 1. The topological polar surface area (TPSA) is 38.3 Å². The van der Waals surface area contributed by atoms with E-state index in [0.717, 1.165) is 6.42 Å². The summed E-state index contributed by atoms with van der Waals surface area (Å²) in [6.07, 6.45) is 0.975. The zero-order valence-corrected chi connectivity index (χ0v) is 13.3. The van der Waals surface area contributed by atoms with Crippen molar-refractivity contribution in [2.75, 3.05) is 13.2 Å². The number of rotatable bonds is 7. The third-order valence-electron chi connectivity index (χ3n) is 3.49. The molecule has 0 radical (unpaired) electrons. The van der Waals surface area contributed by atoms with Crippen molar-refractivity contribution >= 4 is 17.5 Å². The molecule has 0 heterocycles. The van der Waals surface area contributed by atoms with Crippen LogP contribution in [0.3, 0.4) is 0 Å². The Morgan fingerprint density at radius 2 is 1.82 bits per heavy atom. The molecule has 1 N–H and O–H groups in total. The van der Waals surface area contributed by atoms with Crippen molar-refractivity contribution in [3.05, 3.63) is 65.2 Å². The molecule has 4 heteroatoms. The van der Waals surface area contributed by atoms with Gasteiger partial charge in [-0.1, -0.05) is 48.9 Å². The molecule has 0 aliphatic carbocycles. The minimum absolute atomic E-state index is 0.00680. The highest BCUT2D eigenvalue weighted by Gasteiger charge is 2.11. The maximum atomic E-state index is 11.9. The maximum absolute atomic E-state index is 11.9. The third-order valence-corrected chi connectivity index (χ3v) is 3.74. The zero-order valence-electron chi connectivity index (χ0n) is 12.6. The molecule has 0 fully saturated rings. The van der Waals surface area contributed by atoms with E-state index in [2.05, 4.69) is 24.4 Å². The Bertz CT molecular complexity index is 584. The molecule has 1 unspecified atom stereocenters. The number of hydrogen-bond acceptors (Lipinski definition) is 2. The molecule has 3 nitrogen and oxygen atoms in total. The first-order valence-corrected chi connectivity index (χ1v) is 7.77. The number of halogens is 1. The second kappa shape index (κ2) is 8.44. The van der Waals surface area contributed by atoms with Gasteiger partial charge in [0.2, 0.25) is 0 Å². The second-order valence-electron chi connectivity index (χ2n) is 5.06. The van der Waals surface area contributed by atoms with E-state index < -0.39 is 0 Å². The van der Waals surface area contributed by atoms with Crippen LogP contribution in [-0.2, 0) is 4.79 Å². The summed E-state index contributed by atoms with van der Waals surface area (Å²) < 4.78 is 5.42. The Hall–Kier alpha value is -2.00. The lowest BCUT2D eigenvalue weighted by Gasteiger charge is -2.16. The van der Waals surface area contributed by atoms with E-state index in [0.29, 0.717) is 23.2 Å². The summed E-state index contributed by atoms with van der Waals surface area (Å²) in [5, 5.41) is 3.57. The van der Waals surface area contributed by atoms with Crippen LogP contribution in [0, 0.1) is 0 Å². The summed E-state index contributed by atoms with van der Waals surface area (Å²) in [4.78, 5) is 11.9. The number of nitrogens with one attached hydrogen (secondary N) is 1. The summed E-state index contributed by atoms with van der Waals surface area (Å²) in [7, 11) is 0. The number of ether oxygens (including phenoxy) is 1. The molecule has 0 aromatic heterocycles. The van der Waals surface area contributed by atoms with Crippen molar-refractivity contribution in [3.8, 4) is 5.75 Å². The van der Waals surface area contributed by atoms with Crippen molar-refractivity contribution < 1.29 is 9.53 Å². The van der Waals surface area contributed by atoms with E-state index in [1.54, 1.807) is 24.3 Å². The maximum Gasteiger partial charge on any atom is 0.257 e. The van der Waals surface area contributed by atoms with Crippen molar-refractivity contribution in [1.82, 2.24) is 5.32 Å². The van der Waals surface area contributed by atoms with E-state index in [1.807, 2.05) is 18.2 Å². The average molecular weight is 318 g/mol. The molecule has 116 valence electrons. The van der Waals surface area contributed by atoms with E-state index in [-0.39, 0.29) is 12.5 Å². The molecule has 2 rings (SSSR count). The van der Waals surface area contributed by atoms with E-state index in [4.69, 9.17) is 16.3 Å². The van der Waals surface area contributed by atoms with Gasteiger partial charge in [0.25, 0.3) is 5.91 Å². The Morgan fingerprint density at radius 1 is 1.14 bits per heavy atom. The molecule has 1 atom stereocenters. The number of carbonyl (C=O) groups is 1. The highest BCUT2D eigenvalue weighted by Crippen LogP contribution is 2.18. The van der Waals surface area contributed by atoms with Crippen LogP contribution in [0.25, 0.3) is 0 Å². The first-order chi connectivity index (χ1) is 10.7. The van der Waals surface area contributed by atoms with Crippen LogP contribution in [-0.4, -0.2) is 19.1 Å². The molecular weight excluding hydrogens is 298 g/mol. The summed E-state index contributed by atoms with van der Waals surface area (Å²) in [5.74, 6) is 0.833. The molecule has 0 bridgehead atoms. The number of benzene rings is 2. The minimum atomic E-state index is -0.121. The lowest BCUT2D eigenvalue weighted by atomic mass is 9.96. The van der Waals surface area contributed by atoms with Crippen molar-refractivity contribution in [2.45, 2.75) is 19.3 Å². The van der Waals surface area contributed by atoms with Crippen molar-refractivity contribution in [3.63, 3.8) is 0 Å². The van der Waals surface area contributed by atoms with Crippen LogP contribution in [0.15, 0.2) is 54.6 Å². The van der Waals surface area contributed by atoms with Gasteiger partial charge in [0.05, 0.1) is 0 Å². The van der Waals surface area contributed by atoms with Crippen molar-refractivity contribution in [2.24, 2.45) is 0 Å². The molecule has 2 aromatic rings. The molecule has 0 saturated carbocycles. The minimum Gasteiger partial charge on any atom is -0.484 e. The van der Waals surface area contributed by atoms with Gasteiger partial charge in [-0.05, 0) is 36.2 Å². The summed E-state index contributed by atoms with van der Waals surface area (Å²) >= 11 is 5.80. The predicted octanol–water partition coefficient (Wildman–Crippen LogP) is 4.03. The Kier molecular flexibility index (Phi) is 6.28. The number of amides is 1. The first-order valence-electron chi connectivity index (χ1n) is 7.39. The normalized spacial score (nSPS) is 11.7. The molecule has 0 aliphatic rings. The fourth-order valence-electron chi connectivity index (χ4n) is 2.19. The Labute approximate surface area is 136 Å². The van der Waals surface area contributed by atoms with Gasteiger partial charge < -0.3 is 10.1 Å². The van der Waals surface area contributed by atoms with Gasteiger partial charge in [-0.15, -0.1) is 0 Å². The highest BCUT2D eigenvalue weighted by molar-refractivity contribution is 6.30. The fourth-order valence-corrected chi connectivity index (χ4v) is 2.32. The largest absolute Gasteiger partial charge is 0.484 e.